The Balaban J connectivity index is 1.90. The van der Waals surface area contributed by atoms with Crippen molar-refractivity contribution in [3.05, 3.63) is 18.3 Å². The van der Waals surface area contributed by atoms with E-state index in [0.717, 1.165) is 25.2 Å². The number of hydrogen-bond donors (Lipinski definition) is 2. The monoisotopic (exact) mass is 224 g/mol. The molecule has 6 heteroatoms. The van der Waals surface area contributed by atoms with Crippen LogP contribution in [0.2, 0.25) is 0 Å². The first kappa shape index (κ1) is 10.8. The van der Waals surface area contributed by atoms with Crippen molar-refractivity contribution in [2.24, 2.45) is 0 Å². The maximum Gasteiger partial charge on any atom is 0.242 e. The highest BCUT2D eigenvalue weighted by Crippen LogP contribution is 2.18. The molecule has 1 saturated carbocycles. The normalized spacial score (nSPS) is 16.6. The van der Waals surface area contributed by atoms with Crippen molar-refractivity contribution in [3.8, 4) is 0 Å². The smallest absolute Gasteiger partial charge is 0.242 e. The number of hydrogen-bond acceptors (Lipinski definition) is 4. The van der Waals surface area contributed by atoms with Crippen LogP contribution in [0.4, 0.5) is 10.2 Å². The van der Waals surface area contributed by atoms with E-state index < -0.39 is 12.0 Å². The molecule has 5 nitrogen and oxygen atoms in total. The Hall–Kier alpha value is -1.72. The fraction of sp³-hybridized carbons (Fsp3) is 0.500. The van der Waals surface area contributed by atoms with Gasteiger partial charge in [0.1, 0.15) is 18.2 Å². The van der Waals surface area contributed by atoms with Crippen LogP contribution in [0, 0.1) is 5.95 Å². The number of rotatable bonds is 4. The summed E-state index contributed by atoms with van der Waals surface area (Å²) in [5.74, 6) is -0.403. The Morgan fingerprint density at radius 2 is 2.31 bits per heavy atom. The zero-order valence-electron chi connectivity index (χ0n) is 8.90. The van der Waals surface area contributed by atoms with Crippen LogP contribution in [-0.2, 0) is 4.79 Å². The fourth-order valence-corrected chi connectivity index (χ4v) is 1.25. The summed E-state index contributed by atoms with van der Waals surface area (Å²) < 4.78 is 12.7. The number of aromatic nitrogens is 2. The second-order valence-corrected chi connectivity index (χ2v) is 3.87. The summed E-state index contributed by atoms with van der Waals surface area (Å²) >= 11 is 0. The van der Waals surface area contributed by atoms with Gasteiger partial charge in [0.25, 0.3) is 0 Å². The molecular formula is C10H13FN4O. The minimum atomic E-state index is -0.618. The van der Waals surface area contributed by atoms with Gasteiger partial charge < -0.3 is 10.6 Å². The summed E-state index contributed by atoms with van der Waals surface area (Å²) in [6, 6.07) is 1.04. The Labute approximate surface area is 92.5 Å². The van der Waals surface area contributed by atoms with Crippen molar-refractivity contribution in [2.45, 2.75) is 31.8 Å². The summed E-state index contributed by atoms with van der Waals surface area (Å²) in [5.41, 5.74) is 0. The van der Waals surface area contributed by atoms with Crippen molar-refractivity contribution in [2.75, 3.05) is 5.32 Å². The predicted octanol–water partition coefficient (Wildman–Crippen LogP) is 0.695. The minimum Gasteiger partial charge on any atom is -0.358 e. The lowest BCUT2D eigenvalue weighted by molar-refractivity contribution is -0.121. The van der Waals surface area contributed by atoms with Crippen LogP contribution in [0.5, 0.6) is 0 Å². The summed E-state index contributed by atoms with van der Waals surface area (Å²) in [4.78, 5) is 18.7. The van der Waals surface area contributed by atoms with Gasteiger partial charge in [-0.1, -0.05) is 0 Å². The third-order valence-corrected chi connectivity index (χ3v) is 2.32. The number of halogens is 1. The molecule has 0 aliphatic heterocycles. The first-order chi connectivity index (χ1) is 7.65. The second kappa shape index (κ2) is 4.42. The minimum absolute atomic E-state index is 0.0958. The van der Waals surface area contributed by atoms with Gasteiger partial charge in [0, 0.05) is 12.1 Å². The molecule has 0 spiro atoms. The van der Waals surface area contributed by atoms with Gasteiger partial charge in [-0.3, -0.25) is 4.79 Å². The third-order valence-electron chi connectivity index (χ3n) is 2.32. The molecule has 1 aliphatic carbocycles. The lowest BCUT2D eigenvalue weighted by atomic mass is 10.3. The Morgan fingerprint density at radius 3 is 2.94 bits per heavy atom. The zero-order valence-corrected chi connectivity index (χ0v) is 8.90. The van der Waals surface area contributed by atoms with E-state index in [1.165, 1.54) is 0 Å². The van der Waals surface area contributed by atoms with Gasteiger partial charge in [-0.2, -0.15) is 4.39 Å². The third kappa shape index (κ3) is 2.88. The molecule has 1 heterocycles. The van der Waals surface area contributed by atoms with Gasteiger partial charge in [-0.25, -0.2) is 9.97 Å². The summed E-state index contributed by atoms with van der Waals surface area (Å²) in [6.07, 6.45) is 3.20. The Kier molecular flexibility index (Phi) is 2.98. The Morgan fingerprint density at radius 1 is 1.56 bits per heavy atom. The number of nitrogens with zero attached hydrogens (tertiary/aromatic N) is 2. The van der Waals surface area contributed by atoms with Gasteiger partial charge in [-0.05, 0) is 19.8 Å². The Bertz CT molecular complexity index is 394. The van der Waals surface area contributed by atoms with Crippen LogP contribution >= 0.6 is 0 Å². The molecule has 1 fully saturated rings. The largest absolute Gasteiger partial charge is 0.358 e. The second-order valence-electron chi connectivity index (χ2n) is 3.87. The lowest BCUT2D eigenvalue weighted by Crippen LogP contribution is -2.38. The van der Waals surface area contributed by atoms with E-state index in [2.05, 4.69) is 20.6 Å². The standard InChI is InChI=1S/C10H13FN4O/c1-6(10(16)15-7-2-3-7)14-9-4-8(11)12-5-13-9/h4-7H,2-3H2,1H3,(H,15,16)(H,12,13,14). The quantitative estimate of drug-likeness (QED) is 0.739. The van der Waals surface area contributed by atoms with Crippen LogP contribution in [0.3, 0.4) is 0 Å². The molecule has 0 radical (unpaired) electrons. The molecule has 0 bridgehead atoms. The van der Waals surface area contributed by atoms with E-state index in [9.17, 15) is 9.18 Å². The number of carbonyl (C=O) groups is 1. The predicted molar refractivity (Wildman–Crippen MR) is 56.2 cm³/mol. The number of anilines is 1. The molecule has 1 atom stereocenters. The van der Waals surface area contributed by atoms with E-state index >= 15 is 0 Å². The van der Waals surface area contributed by atoms with E-state index in [-0.39, 0.29) is 5.91 Å². The molecule has 0 aromatic carbocycles. The molecular weight excluding hydrogens is 211 g/mol. The fourth-order valence-electron chi connectivity index (χ4n) is 1.25. The number of nitrogens with one attached hydrogen (secondary N) is 2. The van der Waals surface area contributed by atoms with Crippen molar-refractivity contribution >= 4 is 11.7 Å². The summed E-state index contributed by atoms with van der Waals surface area (Å²) in [5, 5.41) is 5.66. The molecule has 1 aromatic rings. The highest BCUT2D eigenvalue weighted by Gasteiger charge is 2.25. The lowest BCUT2D eigenvalue weighted by Gasteiger charge is -2.13. The van der Waals surface area contributed by atoms with Gasteiger partial charge in [0.2, 0.25) is 11.9 Å². The van der Waals surface area contributed by atoms with Gasteiger partial charge in [0.05, 0.1) is 0 Å². The highest BCUT2D eigenvalue weighted by atomic mass is 19.1. The average Bonchev–Trinajstić information content (AvgIpc) is 3.01. The molecule has 0 saturated heterocycles. The molecule has 16 heavy (non-hydrogen) atoms. The van der Waals surface area contributed by atoms with Crippen molar-refractivity contribution in [1.82, 2.24) is 15.3 Å². The molecule has 1 amide bonds. The van der Waals surface area contributed by atoms with Crippen LogP contribution in [0.15, 0.2) is 12.4 Å². The van der Waals surface area contributed by atoms with Crippen LogP contribution in [-0.4, -0.2) is 28.0 Å². The molecule has 1 unspecified atom stereocenters. The van der Waals surface area contributed by atoms with Crippen molar-refractivity contribution in [3.63, 3.8) is 0 Å². The van der Waals surface area contributed by atoms with Gasteiger partial charge in [0.15, 0.2) is 0 Å². The van der Waals surface area contributed by atoms with Gasteiger partial charge >= 0.3 is 0 Å². The molecule has 2 N–H and O–H groups in total. The maximum atomic E-state index is 12.7. The average molecular weight is 224 g/mol. The molecule has 86 valence electrons. The maximum absolute atomic E-state index is 12.7. The zero-order chi connectivity index (χ0) is 11.5. The SMILES string of the molecule is CC(Nc1cc(F)ncn1)C(=O)NC1CC1. The van der Waals surface area contributed by atoms with Crippen molar-refractivity contribution in [1.29, 1.82) is 0 Å². The topological polar surface area (TPSA) is 66.9 Å². The van der Waals surface area contributed by atoms with Crippen LogP contribution in [0.1, 0.15) is 19.8 Å². The molecule has 1 aliphatic rings. The summed E-state index contributed by atoms with van der Waals surface area (Å²) in [6.45, 7) is 1.71. The first-order valence-electron chi connectivity index (χ1n) is 5.19. The van der Waals surface area contributed by atoms with Crippen molar-refractivity contribution < 1.29 is 9.18 Å². The number of amides is 1. The van der Waals surface area contributed by atoms with E-state index in [1.54, 1.807) is 6.92 Å². The first-order valence-corrected chi connectivity index (χ1v) is 5.19. The molecule has 1 aromatic heterocycles. The molecule has 2 rings (SSSR count). The van der Waals surface area contributed by atoms with Gasteiger partial charge in [-0.15, -0.1) is 0 Å². The van der Waals surface area contributed by atoms with Crippen LogP contribution in [0.25, 0.3) is 0 Å². The van der Waals surface area contributed by atoms with E-state index in [4.69, 9.17) is 0 Å². The highest BCUT2D eigenvalue weighted by molar-refractivity contribution is 5.84. The van der Waals surface area contributed by atoms with E-state index in [0.29, 0.717) is 11.9 Å². The van der Waals surface area contributed by atoms with Crippen LogP contribution < -0.4 is 10.6 Å². The summed E-state index contributed by atoms with van der Waals surface area (Å²) in [7, 11) is 0. The number of carbonyl (C=O) groups excluding carboxylic acids is 1. The van der Waals surface area contributed by atoms with E-state index in [1.807, 2.05) is 0 Å².